The van der Waals surface area contributed by atoms with E-state index < -0.39 is 0 Å². The van der Waals surface area contributed by atoms with Crippen LogP contribution in [0.3, 0.4) is 0 Å². The lowest BCUT2D eigenvalue weighted by Crippen LogP contribution is -2.32. The van der Waals surface area contributed by atoms with E-state index in [1.807, 2.05) is 0 Å². The normalized spacial score (nSPS) is 17.2. The highest BCUT2D eigenvalue weighted by Gasteiger charge is 2.16. The number of aromatic nitrogens is 2. The molecule has 0 saturated heterocycles. The molecule has 1 aliphatic heterocycles. The van der Waals surface area contributed by atoms with E-state index in [-0.39, 0.29) is 5.56 Å². The Labute approximate surface area is 89.1 Å². The van der Waals surface area contributed by atoms with Crippen molar-refractivity contribution in [2.24, 2.45) is 0 Å². The summed E-state index contributed by atoms with van der Waals surface area (Å²) in [6.45, 7) is 5.76. The number of hydrogen-bond acceptors (Lipinski definition) is 3. The molecule has 4 nitrogen and oxygen atoms in total. The minimum atomic E-state index is 0.0301. The second-order valence-electron chi connectivity index (χ2n) is 4.11. The first-order chi connectivity index (χ1) is 7.22. The molecule has 0 radical (unpaired) electrons. The van der Waals surface area contributed by atoms with Crippen LogP contribution in [-0.2, 0) is 13.0 Å². The molecule has 15 heavy (non-hydrogen) atoms. The van der Waals surface area contributed by atoms with Gasteiger partial charge in [-0.15, -0.1) is 0 Å². The lowest BCUT2D eigenvalue weighted by molar-refractivity contribution is 0.596. The Hall–Kier alpha value is -1.16. The fraction of sp³-hybridized carbons (Fsp3) is 0.636. The molecule has 2 heterocycles. The van der Waals surface area contributed by atoms with Crippen molar-refractivity contribution in [2.45, 2.75) is 39.2 Å². The Morgan fingerprint density at radius 2 is 2.33 bits per heavy atom. The summed E-state index contributed by atoms with van der Waals surface area (Å²) in [5.74, 6) is 1.17. The van der Waals surface area contributed by atoms with E-state index in [0.717, 1.165) is 36.5 Å². The van der Waals surface area contributed by atoms with Crippen molar-refractivity contribution in [3.8, 4) is 0 Å². The monoisotopic (exact) mass is 207 g/mol. The van der Waals surface area contributed by atoms with Crippen LogP contribution in [-0.4, -0.2) is 16.5 Å². The van der Waals surface area contributed by atoms with Crippen LogP contribution in [0.5, 0.6) is 0 Å². The van der Waals surface area contributed by atoms with Crippen LogP contribution in [0.25, 0.3) is 0 Å². The third kappa shape index (κ3) is 1.95. The van der Waals surface area contributed by atoms with E-state index in [1.54, 1.807) is 0 Å². The van der Waals surface area contributed by atoms with Crippen molar-refractivity contribution in [3.05, 3.63) is 27.4 Å². The second-order valence-corrected chi connectivity index (χ2v) is 4.11. The van der Waals surface area contributed by atoms with Crippen LogP contribution < -0.4 is 10.9 Å². The van der Waals surface area contributed by atoms with Gasteiger partial charge in [-0.05, 0) is 6.42 Å². The fourth-order valence-electron chi connectivity index (χ4n) is 1.80. The molecule has 0 amide bonds. The van der Waals surface area contributed by atoms with Gasteiger partial charge in [-0.1, -0.05) is 13.8 Å². The molecule has 0 bridgehead atoms. The van der Waals surface area contributed by atoms with Gasteiger partial charge < -0.3 is 10.3 Å². The van der Waals surface area contributed by atoms with Crippen LogP contribution in [0.15, 0.2) is 4.79 Å². The molecule has 1 aliphatic rings. The summed E-state index contributed by atoms with van der Waals surface area (Å²) in [7, 11) is 0. The van der Waals surface area contributed by atoms with Gasteiger partial charge in [0.15, 0.2) is 0 Å². The lowest BCUT2D eigenvalue weighted by atomic mass is 10.1. The number of rotatable bonds is 2. The van der Waals surface area contributed by atoms with Crippen molar-refractivity contribution in [1.82, 2.24) is 15.3 Å². The molecule has 2 rings (SSSR count). The van der Waals surface area contributed by atoms with Gasteiger partial charge in [0, 0.05) is 25.4 Å². The number of nitrogens with zero attached hydrogens (tertiary/aromatic N) is 1. The van der Waals surface area contributed by atoms with Gasteiger partial charge in [0.25, 0.3) is 5.56 Å². The minimum absolute atomic E-state index is 0.0301. The quantitative estimate of drug-likeness (QED) is 0.758. The maximum absolute atomic E-state index is 11.8. The summed E-state index contributed by atoms with van der Waals surface area (Å²) in [4.78, 5) is 19.2. The molecular weight excluding hydrogens is 190 g/mol. The fourth-order valence-corrected chi connectivity index (χ4v) is 1.80. The van der Waals surface area contributed by atoms with Gasteiger partial charge in [0.05, 0.1) is 11.3 Å². The van der Waals surface area contributed by atoms with Crippen LogP contribution in [0, 0.1) is 0 Å². The zero-order chi connectivity index (χ0) is 10.8. The molecule has 0 aliphatic carbocycles. The summed E-state index contributed by atoms with van der Waals surface area (Å²) < 4.78 is 0. The molecule has 0 fully saturated rings. The largest absolute Gasteiger partial charge is 0.312 e. The first-order valence-corrected chi connectivity index (χ1v) is 5.55. The average Bonchev–Trinajstić information content (AvgIpc) is 2.28. The zero-order valence-corrected chi connectivity index (χ0v) is 9.26. The zero-order valence-electron chi connectivity index (χ0n) is 9.26. The Balaban J connectivity index is 2.45. The topological polar surface area (TPSA) is 57.8 Å². The van der Waals surface area contributed by atoms with E-state index >= 15 is 0 Å². The molecule has 82 valence electrons. The average molecular weight is 207 g/mol. The van der Waals surface area contributed by atoms with Crippen molar-refractivity contribution >= 4 is 0 Å². The molecule has 1 unspecified atom stereocenters. The summed E-state index contributed by atoms with van der Waals surface area (Å²) in [6.07, 6.45) is 1.86. The number of aromatic amines is 1. The highest BCUT2D eigenvalue weighted by atomic mass is 16.1. The second kappa shape index (κ2) is 4.14. The molecule has 0 saturated carbocycles. The van der Waals surface area contributed by atoms with E-state index in [1.165, 1.54) is 0 Å². The smallest absolute Gasteiger partial charge is 0.255 e. The van der Waals surface area contributed by atoms with Crippen molar-refractivity contribution in [3.63, 3.8) is 0 Å². The van der Waals surface area contributed by atoms with E-state index in [2.05, 4.69) is 29.1 Å². The third-order valence-electron chi connectivity index (χ3n) is 3.04. The van der Waals surface area contributed by atoms with E-state index in [9.17, 15) is 4.79 Å². The molecule has 0 spiro atoms. The maximum atomic E-state index is 11.8. The molecule has 4 heteroatoms. The SMILES string of the molecule is CCC(C)c1nc2c(c(=O)[nH]1)CNCC2. The lowest BCUT2D eigenvalue weighted by Gasteiger charge is -2.17. The van der Waals surface area contributed by atoms with Crippen molar-refractivity contribution < 1.29 is 0 Å². The van der Waals surface area contributed by atoms with Crippen LogP contribution in [0.1, 0.15) is 43.3 Å². The van der Waals surface area contributed by atoms with Crippen LogP contribution in [0.4, 0.5) is 0 Å². The first-order valence-electron chi connectivity index (χ1n) is 5.55. The minimum Gasteiger partial charge on any atom is -0.312 e. The van der Waals surface area contributed by atoms with E-state index in [0.29, 0.717) is 12.5 Å². The number of nitrogens with one attached hydrogen (secondary N) is 2. The van der Waals surface area contributed by atoms with Gasteiger partial charge in [0.2, 0.25) is 0 Å². The maximum Gasteiger partial charge on any atom is 0.255 e. The standard InChI is InChI=1S/C11H17N3O/c1-3-7(2)10-13-9-4-5-12-6-8(9)11(15)14-10/h7,12H,3-6H2,1-2H3,(H,13,14,15). The highest BCUT2D eigenvalue weighted by molar-refractivity contribution is 5.21. The number of hydrogen-bond donors (Lipinski definition) is 2. The van der Waals surface area contributed by atoms with Gasteiger partial charge in [-0.25, -0.2) is 4.98 Å². The number of H-pyrrole nitrogens is 1. The van der Waals surface area contributed by atoms with Gasteiger partial charge >= 0.3 is 0 Å². The summed E-state index contributed by atoms with van der Waals surface area (Å²) in [5.41, 5.74) is 1.82. The van der Waals surface area contributed by atoms with Crippen molar-refractivity contribution in [1.29, 1.82) is 0 Å². The molecule has 1 atom stereocenters. The predicted molar refractivity (Wildman–Crippen MR) is 59.0 cm³/mol. The number of fused-ring (bicyclic) bond motifs is 1. The first kappa shape index (κ1) is 10.4. The Morgan fingerprint density at radius 3 is 3.07 bits per heavy atom. The molecule has 0 aromatic carbocycles. The molecular formula is C11H17N3O. The van der Waals surface area contributed by atoms with E-state index in [4.69, 9.17) is 0 Å². The van der Waals surface area contributed by atoms with Crippen LogP contribution in [0.2, 0.25) is 0 Å². The molecule has 2 N–H and O–H groups in total. The van der Waals surface area contributed by atoms with Gasteiger partial charge in [-0.2, -0.15) is 0 Å². The van der Waals surface area contributed by atoms with Crippen molar-refractivity contribution in [2.75, 3.05) is 6.54 Å². The summed E-state index contributed by atoms with van der Waals surface area (Å²) in [5, 5.41) is 3.18. The predicted octanol–water partition coefficient (Wildman–Crippen LogP) is 0.929. The van der Waals surface area contributed by atoms with Gasteiger partial charge in [-0.3, -0.25) is 4.79 Å². The van der Waals surface area contributed by atoms with Gasteiger partial charge in [0.1, 0.15) is 5.82 Å². The summed E-state index contributed by atoms with van der Waals surface area (Å²) in [6, 6.07) is 0. The van der Waals surface area contributed by atoms with Crippen LogP contribution >= 0.6 is 0 Å². The Bertz CT molecular complexity index is 411. The summed E-state index contributed by atoms with van der Waals surface area (Å²) >= 11 is 0. The Morgan fingerprint density at radius 1 is 1.53 bits per heavy atom. The molecule has 1 aromatic rings. The third-order valence-corrected chi connectivity index (χ3v) is 3.04. The highest BCUT2D eigenvalue weighted by Crippen LogP contribution is 2.15. The molecule has 1 aromatic heterocycles. The Kier molecular flexibility index (Phi) is 2.86.